The molecule has 0 spiro atoms. The normalized spacial score (nSPS) is 24.3. The molecule has 92 valence electrons. The van der Waals surface area contributed by atoms with Gasteiger partial charge in [-0.05, 0) is 12.8 Å². The predicted molar refractivity (Wildman–Crippen MR) is 64.0 cm³/mol. The summed E-state index contributed by atoms with van der Waals surface area (Å²) in [5.74, 6) is -1.08. The van der Waals surface area contributed by atoms with E-state index in [-0.39, 0.29) is 12.0 Å². The first-order valence-corrected chi connectivity index (χ1v) is 6.02. The topological polar surface area (TPSA) is 75.1 Å². The molecule has 5 nitrogen and oxygen atoms in total. The Labute approximate surface area is 104 Å². The molecule has 1 saturated carbocycles. The smallest absolute Gasteiger partial charge is 0.308 e. The molecule has 17 heavy (non-hydrogen) atoms. The summed E-state index contributed by atoms with van der Waals surface area (Å²) in [7, 11) is 0. The quantitative estimate of drug-likeness (QED) is 0.866. The molecule has 0 aromatic carbocycles. The van der Waals surface area contributed by atoms with Crippen LogP contribution in [-0.2, 0) is 4.79 Å². The average molecular weight is 256 g/mol. The number of aromatic nitrogens is 2. The number of hydrogen-bond acceptors (Lipinski definition) is 4. The second-order valence-corrected chi connectivity index (χ2v) is 4.63. The number of rotatable bonds is 3. The van der Waals surface area contributed by atoms with E-state index in [1.807, 2.05) is 0 Å². The van der Waals surface area contributed by atoms with Crippen molar-refractivity contribution in [3.8, 4) is 0 Å². The molecule has 0 unspecified atom stereocenters. The molecule has 0 radical (unpaired) electrons. The van der Waals surface area contributed by atoms with E-state index >= 15 is 0 Å². The summed E-state index contributed by atoms with van der Waals surface area (Å²) in [4.78, 5) is 11.1. The molecule has 0 amide bonds. The molecule has 1 fully saturated rings. The van der Waals surface area contributed by atoms with Crippen molar-refractivity contribution >= 4 is 23.3 Å². The van der Waals surface area contributed by atoms with Gasteiger partial charge in [-0.15, -0.1) is 5.10 Å². The highest BCUT2D eigenvalue weighted by Crippen LogP contribution is 2.27. The lowest BCUT2D eigenvalue weighted by molar-refractivity contribution is -0.143. The minimum atomic E-state index is -0.740. The van der Waals surface area contributed by atoms with Crippen LogP contribution in [0.5, 0.6) is 0 Å². The van der Waals surface area contributed by atoms with Crippen molar-refractivity contribution in [3.05, 3.63) is 17.4 Å². The zero-order valence-corrected chi connectivity index (χ0v) is 10.0. The average Bonchev–Trinajstić information content (AvgIpc) is 2.29. The summed E-state index contributed by atoms with van der Waals surface area (Å²) < 4.78 is 0. The fourth-order valence-corrected chi connectivity index (χ4v) is 2.39. The van der Waals surface area contributed by atoms with E-state index in [4.69, 9.17) is 16.7 Å². The molecule has 0 aliphatic heterocycles. The van der Waals surface area contributed by atoms with Gasteiger partial charge < -0.3 is 10.4 Å². The minimum absolute atomic E-state index is 0.0542. The third kappa shape index (κ3) is 3.06. The maximum absolute atomic E-state index is 11.1. The molecule has 0 bridgehead atoms. The van der Waals surface area contributed by atoms with Gasteiger partial charge in [0.15, 0.2) is 5.15 Å². The third-order valence-electron chi connectivity index (χ3n) is 3.06. The second kappa shape index (κ2) is 5.31. The highest BCUT2D eigenvalue weighted by Gasteiger charge is 2.30. The lowest BCUT2D eigenvalue weighted by Crippen LogP contribution is -2.37. The van der Waals surface area contributed by atoms with Gasteiger partial charge in [0.1, 0.15) is 0 Å². The first-order valence-electron chi connectivity index (χ1n) is 5.64. The highest BCUT2D eigenvalue weighted by atomic mass is 35.5. The van der Waals surface area contributed by atoms with Gasteiger partial charge in [-0.2, -0.15) is 5.10 Å². The van der Waals surface area contributed by atoms with Crippen LogP contribution < -0.4 is 5.32 Å². The van der Waals surface area contributed by atoms with Crippen molar-refractivity contribution in [2.45, 2.75) is 31.7 Å². The van der Waals surface area contributed by atoms with Gasteiger partial charge in [0, 0.05) is 12.1 Å². The Morgan fingerprint density at radius 3 is 2.94 bits per heavy atom. The number of nitrogens with one attached hydrogen (secondary N) is 1. The van der Waals surface area contributed by atoms with E-state index in [1.165, 1.54) is 0 Å². The molecule has 1 aliphatic carbocycles. The van der Waals surface area contributed by atoms with Crippen molar-refractivity contribution in [1.29, 1.82) is 0 Å². The molecular weight excluding hydrogens is 242 g/mol. The summed E-state index contributed by atoms with van der Waals surface area (Å²) in [6.45, 7) is 0. The van der Waals surface area contributed by atoms with Gasteiger partial charge >= 0.3 is 5.97 Å². The maximum Gasteiger partial charge on any atom is 0.308 e. The fraction of sp³-hybridized carbons (Fsp3) is 0.545. The number of hydrogen-bond donors (Lipinski definition) is 2. The molecule has 1 aromatic rings. The number of nitrogens with zero attached hydrogens (tertiary/aromatic N) is 2. The van der Waals surface area contributed by atoms with Gasteiger partial charge in [-0.25, -0.2) is 0 Å². The first-order chi connectivity index (χ1) is 8.16. The monoisotopic (exact) mass is 255 g/mol. The summed E-state index contributed by atoms with van der Waals surface area (Å²) in [6, 6.07) is 1.60. The van der Waals surface area contributed by atoms with Crippen LogP contribution in [0.1, 0.15) is 25.7 Å². The minimum Gasteiger partial charge on any atom is -0.481 e. The SMILES string of the molecule is O=C(O)[C@@H]1CCCC[C@@H]1Nc1cnnc(Cl)c1. The maximum atomic E-state index is 11.1. The summed E-state index contributed by atoms with van der Waals surface area (Å²) >= 11 is 5.73. The number of carboxylic acid groups (broad SMARTS) is 1. The predicted octanol–water partition coefficient (Wildman–Crippen LogP) is 2.19. The Hall–Kier alpha value is -1.36. The van der Waals surface area contributed by atoms with Crippen LogP contribution >= 0.6 is 11.6 Å². The van der Waals surface area contributed by atoms with E-state index in [2.05, 4.69) is 15.5 Å². The second-order valence-electron chi connectivity index (χ2n) is 4.25. The van der Waals surface area contributed by atoms with Crippen LogP contribution in [0.2, 0.25) is 5.15 Å². The summed E-state index contributed by atoms with van der Waals surface area (Å²) in [5.41, 5.74) is 0.725. The van der Waals surface area contributed by atoms with Gasteiger partial charge in [0.25, 0.3) is 0 Å². The highest BCUT2D eigenvalue weighted by molar-refractivity contribution is 6.29. The van der Waals surface area contributed by atoms with E-state index < -0.39 is 5.97 Å². The zero-order valence-electron chi connectivity index (χ0n) is 9.27. The summed E-state index contributed by atoms with van der Waals surface area (Å²) in [5, 5.41) is 20.0. The zero-order chi connectivity index (χ0) is 12.3. The summed E-state index contributed by atoms with van der Waals surface area (Å²) in [6.07, 6.45) is 5.16. The van der Waals surface area contributed by atoms with Crippen LogP contribution in [-0.4, -0.2) is 27.3 Å². The molecule has 1 aromatic heterocycles. The molecule has 2 atom stereocenters. The molecule has 1 heterocycles. The lowest BCUT2D eigenvalue weighted by atomic mass is 9.84. The molecule has 1 aliphatic rings. The van der Waals surface area contributed by atoms with Gasteiger partial charge in [0.05, 0.1) is 17.8 Å². The van der Waals surface area contributed by atoms with Crippen molar-refractivity contribution < 1.29 is 9.90 Å². The third-order valence-corrected chi connectivity index (χ3v) is 3.24. The Morgan fingerprint density at radius 1 is 1.47 bits per heavy atom. The number of aliphatic carboxylic acids is 1. The van der Waals surface area contributed by atoms with Gasteiger partial charge in [-0.1, -0.05) is 24.4 Å². The van der Waals surface area contributed by atoms with E-state index in [9.17, 15) is 4.79 Å². The Bertz CT molecular complexity index is 413. The molecule has 6 heteroatoms. The molecule has 0 saturated heterocycles. The van der Waals surface area contributed by atoms with Crippen LogP contribution in [0.15, 0.2) is 12.3 Å². The van der Waals surface area contributed by atoms with Crippen LogP contribution in [0.3, 0.4) is 0 Å². The van der Waals surface area contributed by atoms with Crippen molar-refractivity contribution in [2.24, 2.45) is 5.92 Å². The van der Waals surface area contributed by atoms with Crippen LogP contribution in [0, 0.1) is 5.92 Å². The fourth-order valence-electron chi connectivity index (χ4n) is 2.23. The van der Waals surface area contributed by atoms with Gasteiger partial charge in [0.2, 0.25) is 0 Å². The van der Waals surface area contributed by atoms with E-state index in [0.29, 0.717) is 5.15 Å². The van der Waals surface area contributed by atoms with E-state index in [1.54, 1.807) is 12.3 Å². The number of carbonyl (C=O) groups is 1. The largest absolute Gasteiger partial charge is 0.481 e. The van der Waals surface area contributed by atoms with Crippen LogP contribution in [0.25, 0.3) is 0 Å². The Kier molecular flexibility index (Phi) is 3.78. The van der Waals surface area contributed by atoms with Gasteiger partial charge in [-0.3, -0.25) is 4.79 Å². The van der Waals surface area contributed by atoms with Crippen molar-refractivity contribution in [3.63, 3.8) is 0 Å². The number of halogens is 1. The lowest BCUT2D eigenvalue weighted by Gasteiger charge is -2.29. The van der Waals surface area contributed by atoms with Crippen LogP contribution in [0.4, 0.5) is 5.69 Å². The molecule has 2 rings (SSSR count). The molecule has 2 N–H and O–H groups in total. The van der Waals surface area contributed by atoms with Crippen molar-refractivity contribution in [2.75, 3.05) is 5.32 Å². The first kappa shape index (κ1) is 12.1. The number of anilines is 1. The molecular formula is C11H14ClN3O2. The standard InChI is InChI=1S/C11H14ClN3O2/c12-10-5-7(6-13-15-10)14-9-4-2-1-3-8(9)11(16)17/h5-6,8-9H,1-4H2,(H,14,15)(H,16,17)/t8-,9+/m1/s1. The van der Waals surface area contributed by atoms with Crippen molar-refractivity contribution in [1.82, 2.24) is 10.2 Å². The number of carboxylic acids is 1. The Balaban J connectivity index is 2.08. The van der Waals surface area contributed by atoms with E-state index in [0.717, 1.165) is 31.4 Å². The Morgan fingerprint density at radius 2 is 2.24 bits per heavy atom.